The molecule has 1 aliphatic heterocycles. The molecular formula is C30H25BrN2O4. The number of carbonyl (C=O) groups is 2. The van der Waals surface area contributed by atoms with Crippen molar-refractivity contribution in [2.75, 3.05) is 18.1 Å². The number of fused-ring (bicyclic) bond motifs is 1. The zero-order valence-electron chi connectivity index (χ0n) is 20.0. The van der Waals surface area contributed by atoms with Crippen LogP contribution in [0.1, 0.15) is 31.8 Å². The van der Waals surface area contributed by atoms with Gasteiger partial charge in [-0.3, -0.25) is 4.79 Å². The van der Waals surface area contributed by atoms with Gasteiger partial charge in [0.15, 0.2) is 0 Å². The van der Waals surface area contributed by atoms with Crippen LogP contribution in [-0.4, -0.2) is 30.1 Å². The highest BCUT2D eigenvalue weighted by molar-refractivity contribution is 9.10. The Balaban J connectivity index is 1.28. The molecule has 186 valence electrons. The van der Waals surface area contributed by atoms with Crippen molar-refractivity contribution in [3.8, 4) is 16.9 Å². The second kappa shape index (κ2) is 10.9. The third kappa shape index (κ3) is 5.52. The SMILES string of the molecule is O=C(NCc1ccccc1Br)c1ccc2c(c1)OCCN2Cc1ccc(-c2ccccc2C(=O)O)cc1. The van der Waals surface area contributed by atoms with E-state index in [9.17, 15) is 14.7 Å². The van der Waals surface area contributed by atoms with Gasteiger partial charge in [0, 0.05) is 23.1 Å². The van der Waals surface area contributed by atoms with Crippen molar-refractivity contribution in [2.24, 2.45) is 0 Å². The van der Waals surface area contributed by atoms with Gasteiger partial charge in [0.1, 0.15) is 12.4 Å². The minimum absolute atomic E-state index is 0.156. The number of amides is 1. The largest absolute Gasteiger partial charge is 0.490 e. The molecule has 0 aliphatic carbocycles. The summed E-state index contributed by atoms with van der Waals surface area (Å²) in [6, 6.07) is 28.3. The third-order valence-corrected chi connectivity index (χ3v) is 7.15. The van der Waals surface area contributed by atoms with E-state index in [-0.39, 0.29) is 11.5 Å². The number of hydrogen-bond acceptors (Lipinski definition) is 4. The van der Waals surface area contributed by atoms with Crippen LogP contribution in [0.2, 0.25) is 0 Å². The highest BCUT2D eigenvalue weighted by Gasteiger charge is 2.20. The zero-order chi connectivity index (χ0) is 25.8. The first-order chi connectivity index (χ1) is 18.0. The molecule has 0 bridgehead atoms. The first-order valence-electron chi connectivity index (χ1n) is 11.9. The Bertz CT molecular complexity index is 1450. The molecule has 4 aromatic carbocycles. The lowest BCUT2D eigenvalue weighted by Gasteiger charge is -2.31. The number of halogens is 1. The van der Waals surface area contributed by atoms with Crippen LogP contribution in [0.4, 0.5) is 5.69 Å². The average Bonchev–Trinajstić information content (AvgIpc) is 2.93. The van der Waals surface area contributed by atoms with Gasteiger partial charge in [-0.2, -0.15) is 0 Å². The molecule has 0 saturated heterocycles. The van der Waals surface area contributed by atoms with E-state index in [1.54, 1.807) is 18.2 Å². The maximum absolute atomic E-state index is 12.8. The van der Waals surface area contributed by atoms with Gasteiger partial charge in [-0.1, -0.05) is 76.6 Å². The fourth-order valence-electron chi connectivity index (χ4n) is 4.43. The number of ether oxygens (including phenoxy) is 1. The Labute approximate surface area is 223 Å². The molecule has 0 aromatic heterocycles. The molecule has 0 spiro atoms. The molecule has 7 heteroatoms. The molecule has 1 heterocycles. The number of carbonyl (C=O) groups excluding carboxylic acids is 1. The summed E-state index contributed by atoms with van der Waals surface area (Å²) < 4.78 is 6.85. The van der Waals surface area contributed by atoms with E-state index >= 15 is 0 Å². The molecular weight excluding hydrogens is 532 g/mol. The van der Waals surface area contributed by atoms with Gasteiger partial charge in [-0.05, 0) is 52.6 Å². The van der Waals surface area contributed by atoms with E-state index in [1.807, 2.05) is 72.8 Å². The van der Waals surface area contributed by atoms with Crippen LogP contribution in [0.5, 0.6) is 5.75 Å². The topological polar surface area (TPSA) is 78.9 Å². The Morgan fingerprint density at radius 2 is 1.70 bits per heavy atom. The van der Waals surface area contributed by atoms with Gasteiger partial charge in [0.25, 0.3) is 5.91 Å². The quantitative estimate of drug-likeness (QED) is 0.285. The molecule has 0 fully saturated rings. The fraction of sp³-hybridized carbons (Fsp3) is 0.133. The molecule has 1 aliphatic rings. The number of nitrogens with one attached hydrogen (secondary N) is 1. The van der Waals surface area contributed by atoms with Crippen LogP contribution in [0, 0.1) is 0 Å². The van der Waals surface area contributed by atoms with Crippen molar-refractivity contribution in [2.45, 2.75) is 13.1 Å². The molecule has 1 amide bonds. The number of nitrogens with zero attached hydrogens (tertiary/aromatic N) is 1. The van der Waals surface area contributed by atoms with Crippen molar-refractivity contribution < 1.29 is 19.4 Å². The lowest BCUT2D eigenvalue weighted by atomic mass is 9.98. The monoisotopic (exact) mass is 556 g/mol. The van der Waals surface area contributed by atoms with Crippen LogP contribution in [-0.2, 0) is 13.1 Å². The second-order valence-corrected chi connectivity index (χ2v) is 9.63. The molecule has 0 unspecified atom stereocenters. The van der Waals surface area contributed by atoms with E-state index in [1.165, 1.54) is 0 Å². The summed E-state index contributed by atoms with van der Waals surface area (Å²) in [5, 5.41) is 12.5. The van der Waals surface area contributed by atoms with E-state index in [2.05, 4.69) is 26.1 Å². The minimum Gasteiger partial charge on any atom is -0.490 e. The van der Waals surface area contributed by atoms with Crippen molar-refractivity contribution in [3.63, 3.8) is 0 Å². The predicted octanol–water partition coefficient (Wildman–Crippen LogP) is 6.14. The summed E-state index contributed by atoms with van der Waals surface area (Å²) in [6.07, 6.45) is 0. The smallest absolute Gasteiger partial charge is 0.336 e. The molecule has 5 rings (SSSR count). The molecule has 37 heavy (non-hydrogen) atoms. The summed E-state index contributed by atoms with van der Waals surface area (Å²) >= 11 is 3.51. The van der Waals surface area contributed by atoms with E-state index in [0.717, 1.165) is 33.4 Å². The Hall–Kier alpha value is -4.10. The van der Waals surface area contributed by atoms with Crippen LogP contribution >= 0.6 is 15.9 Å². The van der Waals surface area contributed by atoms with Gasteiger partial charge in [0.05, 0.1) is 17.8 Å². The molecule has 0 atom stereocenters. The number of aromatic carboxylic acids is 1. The van der Waals surface area contributed by atoms with E-state index in [4.69, 9.17) is 4.74 Å². The summed E-state index contributed by atoms with van der Waals surface area (Å²) in [4.78, 5) is 26.6. The lowest BCUT2D eigenvalue weighted by molar-refractivity contribution is 0.0697. The summed E-state index contributed by atoms with van der Waals surface area (Å²) in [5.74, 6) is -0.408. The van der Waals surface area contributed by atoms with Gasteiger partial charge in [-0.15, -0.1) is 0 Å². The van der Waals surface area contributed by atoms with Crippen LogP contribution in [0.15, 0.2) is 95.5 Å². The Kier molecular flexibility index (Phi) is 7.23. The lowest BCUT2D eigenvalue weighted by Crippen LogP contribution is -2.32. The number of hydrogen-bond donors (Lipinski definition) is 2. The summed E-state index contributed by atoms with van der Waals surface area (Å²) in [7, 11) is 0. The fourth-order valence-corrected chi connectivity index (χ4v) is 4.86. The predicted molar refractivity (Wildman–Crippen MR) is 147 cm³/mol. The first-order valence-corrected chi connectivity index (χ1v) is 12.7. The number of carboxylic acid groups (broad SMARTS) is 1. The zero-order valence-corrected chi connectivity index (χ0v) is 21.6. The highest BCUT2D eigenvalue weighted by atomic mass is 79.9. The van der Waals surface area contributed by atoms with E-state index in [0.29, 0.717) is 36.6 Å². The van der Waals surface area contributed by atoms with Gasteiger partial charge in [0.2, 0.25) is 0 Å². The maximum Gasteiger partial charge on any atom is 0.336 e. The normalized spacial score (nSPS) is 12.4. The van der Waals surface area contributed by atoms with Gasteiger partial charge in [-0.25, -0.2) is 4.79 Å². The summed E-state index contributed by atoms with van der Waals surface area (Å²) in [6.45, 7) is 2.35. The number of anilines is 1. The van der Waals surface area contributed by atoms with Crippen LogP contribution < -0.4 is 15.0 Å². The molecule has 4 aromatic rings. The minimum atomic E-state index is -0.939. The molecule has 2 N–H and O–H groups in total. The third-order valence-electron chi connectivity index (χ3n) is 6.37. The van der Waals surface area contributed by atoms with Crippen molar-refractivity contribution >= 4 is 33.5 Å². The van der Waals surface area contributed by atoms with Crippen molar-refractivity contribution in [1.29, 1.82) is 0 Å². The molecule has 6 nitrogen and oxygen atoms in total. The second-order valence-electron chi connectivity index (χ2n) is 8.77. The maximum atomic E-state index is 12.8. The van der Waals surface area contributed by atoms with Crippen LogP contribution in [0.3, 0.4) is 0 Å². The first kappa shape index (κ1) is 24.6. The number of rotatable bonds is 7. The Morgan fingerprint density at radius 1 is 0.946 bits per heavy atom. The molecule has 0 saturated carbocycles. The summed E-state index contributed by atoms with van der Waals surface area (Å²) in [5.41, 5.74) is 5.44. The Morgan fingerprint density at radius 3 is 2.49 bits per heavy atom. The van der Waals surface area contributed by atoms with Gasteiger partial charge >= 0.3 is 5.97 Å². The van der Waals surface area contributed by atoms with Crippen LogP contribution in [0.25, 0.3) is 11.1 Å². The highest BCUT2D eigenvalue weighted by Crippen LogP contribution is 2.34. The van der Waals surface area contributed by atoms with E-state index < -0.39 is 5.97 Å². The number of benzene rings is 4. The van der Waals surface area contributed by atoms with Gasteiger partial charge < -0.3 is 20.1 Å². The number of carboxylic acids is 1. The van der Waals surface area contributed by atoms with Crippen molar-refractivity contribution in [1.82, 2.24) is 5.32 Å². The molecule has 0 radical (unpaired) electrons. The standard InChI is InChI=1S/C30H25BrN2O4/c31-26-8-4-1-5-23(26)18-32-29(34)22-13-14-27-28(17-22)37-16-15-33(27)19-20-9-11-21(12-10-20)24-6-2-3-7-25(24)30(35)36/h1-14,17H,15-16,18-19H2,(H,32,34)(H,35,36). The van der Waals surface area contributed by atoms with Crippen molar-refractivity contribution in [3.05, 3.63) is 118 Å². The average molecular weight is 557 g/mol.